The summed E-state index contributed by atoms with van der Waals surface area (Å²) in [4.78, 5) is 13.1. The monoisotopic (exact) mass is 350 g/mol. The van der Waals surface area contributed by atoms with Gasteiger partial charge in [-0.2, -0.15) is 0 Å². The normalized spacial score (nSPS) is 14.3. The molecular weight excluding hydrogens is 308 g/mol. The number of carbonyl (C=O) groups excluding carboxylic acids is 1. The second kappa shape index (κ2) is 11.2. The number of Topliss-reactive ketones (excluding diaryl/α,β-unsaturated/α-hetero) is 1. The van der Waals surface area contributed by atoms with Crippen molar-refractivity contribution in [2.45, 2.75) is 81.1 Å². The molecule has 146 valence electrons. The molecule has 2 N–H and O–H groups in total. The minimum absolute atomic E-state index is 0.249. The second-order valence-corrected chi connectivity index (χ2v) is 9.51. The molecule has 0 unspecified atom stereocenters. The number of allylic oxidation sites excluding steroid dienone is 3. The van der Waals surface area contributed by atoms with E-state index in [1.54, 1.807) is 0 Å². The van der Waals surface area contributed by atoms with Crippen molar-refractivity contribution in [3.05, 3.63) is 36.8 Å². The highest BCUT2D eigenvalue weighted by molar-refractivity contribution is 5.80. The molecule has 1 heterocycles. The quantitative estimate of drug-likeness (QED) is 0.672. The van der Waals surface area contributed by atoms with Crippen LogP contribution in [0.5, 0.6) is 0 Å². The Kier molecular flexibility index (Phi) is 11.5. The van der Waals surface area contributed by atoms with Crippen LogP contribution in [-0.2, 0) is 4.79 Å². The van der Waals surface area contributed by atoms with Gasteiger partial charge < -0.3 is 10.6 Å². The lowest BCUT2D eigenvalue weighted by molar-refractivity contribution is -0.119. The molecule has 1 rings (SSSR count). The van der Waals surface area contributed by atoms with Crippen LogP contribution in [0.15, 0.2) is 36.8 Å². The van der Waals surface area contributed by atoms with E-state index >= 15 is 0 Å². The SMILES string of the molecule is C=C(N)CC(C)(C)C.C=C1CCC(=C)N1CC(=O)CC.CC(C)(C)C. The Hall–Kier alpha value is -1.51. The van der Waals surface area contributed by atoms with Crippen LogP contribution in [0.3, 0.4) is 0 Å². The molecule has 1 saturated heterocycles. The summed E-state index contributed by atoms with van der Waals surface area (Å²) >= 11 is 0. The summed E-state index contributed by atoms with van der Waals surface area (Å²) in [6, 6.07) is 0. The molecular formula is C22H42N2O. The van der Waals surface area contributed by atoms with Crippen molar-refractivity contribution >= 4 is 5.78 Å². The first-order chi connectivity index (χ1) is 11.1. The van der Waals surface area contributed by atoms with Crippen molar-refractivity contribution in [2.75, 3.05) is 6.54 Å². The van der Waals surface area contributed by atoms with Crippen LogP contribution in [0, 0.1) is 10.8 Å². The molecule has 0 aromatic heterocycles. The highest BCUT2D eigenvalue weighted by Crippen LogP contribution is 2.27. The highest BCUT2D eigenvalue weighted by Gasteiger charge is 2.20. The van der Waals surface area contributed by atoms with Crippen LogP contribution in [0.1, 0.15) is 81.1 Å². The van der Waals surface area contributed by atoms with E-state index in [2.05, 4.69) is 68.2 Å². The van der Waals surface area contributed by atoms with Gasteiger partial charge in [0.15, 0.2) is 5.78 Å². The third kappa shape index (κ3) is 18.7. The third-order valence-corrected chi connectivity index (χ3v) is 2.95. The molecule has 1 aliphatic heterocycles. The molecule has 0 aliphatic carbocycles. The summed E-state index contributed by atoms with van der Waals surface area (Å²) in [5, 5.41) is 0. The molecule has 0 spiro atoms. The highest BCUT2D eigenvalue weighted by atomic mass is 16.1. The number of hydrogen-bond acceptors (Lipinski definition) is 3. The summed E-state index contributed by atoms with van der Waals surface area (Å²) in [7, 11) is 0. The molecule has 1 fully saturated rings. The summed E-state index contributed by atoms with van der Waals surface area (Å²) in [5.41, 5.74) is 9.02. The zero-order valence-corrected chi connectivity index (χ0v) is 18.1. The fraction of sp³-hybridized carbons (Fsp3) is 0.682. The maximum absolute atomic E-state index is 11.1. The second-order valence-electron chi connectivity index (χ2n) is 9.51. The maximum Gasteiger partial charge on any atom is 0.152 e. The van der Waals surface area contributed by atoms with Gasteiger partial charge in [-0.25, -0.2) is 0 Å². The Morgan fingerprint density at radius 3 is 1.60 bits per heavy atom. The minimum atomic E-state index is 0.249. The number of carbonyl (C=O) groups is 1. The molecule has 0 radical (unpaired) electrons. The smallest absolute Gasteiger partial charge is 0.152 e. The van der Waals surface area contributed by atoms with Gasteiger partial charge in [-0.3, -0.25) is 4.79 Å². The van der Waals surface area contributed by atoms with Gasteiger partial charge in [0.2, 0.25) is 0 Å². The average Bonchev–Trinajstić information content (AvgIpc) is 2.66. The van der Waals surface area contributed by atoms with E-state index < -0.39 is 0 Å². The van der Waals surface area contributed by atoms with Crippen molar-refractivity contribution in [1.82, 2.24) is 4.90 Å². The van der Waals surface area contributed by atoms with Gasteiger partial charge in [-0.15, -0.1) is 0 Å². The van der Waals surface area contributed by atoms with Crippen molar-refractivity contribution in [1.29, 1.82) is 0 Å². The average molecular weight is 351 g/mol. The standard InChI is InChI=1S/C10H15NO.C7H15N.C5H12/c1-4-10(12)7-11-8(2)5-6-9(11)3;1-6(8)5-7(2,3)4;1-5(2,3)4/h2-7H2,1H3;1,5,8H2,2-4H3;1-4H3. The first-order valence-corrected chi connectivity index (χ1v) is 9.15. The molecule has 0 aromatic carbocycles. The van der Waals surface area contributed by atoms with Crippen molar-refractivity contribution in [3.8, 4) is 0 Å². The lowest BCUT2D eigenvalue weighted by atomic mass is 9.91. The van der Waals surface area contributed by atoms with Gasteiger partial charge in [-0.05, 0) is 30.1 Å². The zero-order valence-electron chi connectivity index (χ0n) is 18.1. The van der Waals surface area contributed by atoms with E-state index in [-0.39, 0.29) is 5.78 Å². The molecule has 0 amide bonds. The molecule has 0 saturated carbocycles. The van der Waals surface area contributed by atoms with Crippen LogP contribution in [0.4, 0.5) is 0 Å². The summed E-state index contributed by atoms with van der Waals surface area (Å²) in [6.07, 6.45) is 3.41. The molecule has 0 atom stereocenters. The van der Waals surface area contributed by atoms with E-state index in [0.29, 0.717) is 23.8 Å². The number of likely N-dealkylation sites (tertiary alicyclic amines) is 1. The Balaban J connectivity index is 0. The Morgan fingerprint density at radius 1 is 1.04 bits per heavy atom. The lowest BCUT2D eigenvalue weighted by Gasteiger charge is -2.18. The van der Waals surface area contributed by atoms with Gasteiger partial charge >= 0.3 is 0 Å². The van der Waals surface area contributed by atoms with Crippen LogP contribution < -0.4 is 5.73 Å². The number of nitrogens with two attached hydrogens (primary N) is 1. The van der Waals surface area contributed by atoms with Crippen LogP contribution in [0.2, 0.25) is 0 Å². The van der Waals surface area contributed by atoms with Gasteiger partial charge in [0, 0.05) is 23.5 Å². The topological polar surface area (TPSA) is 46.3 Å². The summed E-state index contributed by atoms with van der Waals surface area (Å²) < 4.78 is 0. The number of rotatable bonds is 4. The predicted octanol–water partition coefficient (Wildman–Crippen LogP) is 6.04. The minimum Gasteiger partial charge on any atom is -0.402 e. The van der Waals surface area contributed by atoms with Gasteiger partial charge in [0.05, 0.1) is 6.54 Å². The van der Waals surface area contributed by atoms with Crippen molar-refractivity contribution < 1.29 is 4.79 Å². The molecule has 3 heteroatoms. The predicted molar refractivity (Wildman–Crippen MR) is 112 cm³/mol. The maximum atomic E-state index is 11.1. The fourth-order valence-electron chi connectivity index (χ4n) is 1.98. The van der Waals surface area contributed by atoms with Crippen molar-refractivity contribution in [2.24, 2.45) is 16.6 Å². The third-order valence-electron chi connectivity index (χ3n) is 2.95. The summed E-state index contributed by atoms with van der Waals surface area (Å²) in [6.45, 7) is 28.9. The van der Waals surface area contributed by atoms with E-state index in [9.17, 15) is 4.79 Å². The lowest BCUT2D eigenvalue weighted by Crippen LogP contribution is -2.23. The van der Waals surface area contributed by atoms with E-state index in [1.807, 2.05) is 11.8 Å². The van der Waals surface area contributed by atoms with Gasteiger partial charge in [0.1, 0.15) is 0 Å². The fourth-order valence-corrected chi connectivity index (χ4v) is 1.98. The van der Waals surface area contributed by atoms with E-state index in [0.717, 1.165) is 36.4 Å². The van der Waals surface area contributed by atoms with E-state index in [4.69, 9.17) is 5.73 Å². The number of hydrogen-bond donors (Lipinski definition) is 1. The first-order valence-electron chi connectivity index (χ1n) is 9.15. The zero-order chi connectivity index (χ0) is 20.4. The summed E-state index contributed by atoms with van der Waals surface area (Å²) in [5.74, 6) is 0.249. The molecule has 25 heavy (non-hydrogen) atoms. The Morgan fingerprint density at radius 2 is 1.40 bits per heavy atom. The number of nitrogens with zero attached hydrogens (tertiary/aromatic N) is 1. The molecule has 0 aromatic rings. The van der Waals surface area contributed by atoms with Gasteiger partial charge in [0.25, 0.3) is 0 Å². The first kappa shape index (κ1) is 25.7. The largest absolute Gasteiger partial charge is 0.402 e. The van der Waals surface area contributed by atoms with Crippen LogP contribution in [-0.4, -0.2) is 17.2 Å². The molecule has 0 bridgehead atoms. The number of ketones is 1. The molecule has 1 aliphatic rings. The van der Waals surface area contributed by atoms with Crippen LogP contribution >= 0.6 is 0 Å². The van der Waals surface area contributed by atoms with Gasteiger partial charge in [-0.1, -0.05) is 75.1 Å². The van der Waals surface area contributed by atoms with E-state index in [1.165, 1.54) is 0 Å². The Labute approximate surface area is 157 Å². The van der Waals surface area contributed by atoms with Crippen LogP contribution in [0.25, 0.3) is 0 Å². The van der Waals surface area contributed by atoms with Crippen molar-refractivity contribution in [3.63, 3.8) is 0 Å². The Bertz CT molecular complexity index is 439. The molecule has 3 nitrogen and oxygen atoms in total.